The highest BCUT2D eigenvalue weighted by molar-refractivity contribution is 7.13. The van der Waals surface area contributed by atoms with Crippen LogP contribution in [0.15, 0.2) is 22.3 Å². The second-order valence-electron chi connectivity index (χ2n) is 3.45. The first-order valence-corrected chi connectivity index (χ1v) is 5.72. The van der Waals surface area contributed by atoms with E-state index in [1.807, 2.05) is 18.4 Å². The number of nitrogens with one attached hydrogen (secondary N) is 1. The van der Waals surface area contributed by atoms with Gasteiger partial charge in [0.15, 0.2) is 5.82 Å². The van der Waals surface area contributed by atoms with Crippen LogP contribution in [0.4, 0.5) is 0 Å². The Balaban J connectivity index is 2.49. The molecular formula is C11H12N2O2S. The third kappa shape index (κ3) is 2.20. The lowest BCUT2D eigenvalue weighted by Crippen LogP contribution is -2.10. The van der Waals surface area contributed by atoms with Crippen molar-refractivity contribution in [2.24, 2.45) is 0 Å². The molecule has 0 atom stereocenters. The van der Waals surface area contributed by atoms with Crippen LogP contribution in [0.25, 0.3) is 10.7 Å². The molecule has 0 aliphatic heterocycles. The van der Waals surface area contributed by atoms with Gasteiger partial charge in [0.05, 0.1) is 17.2 Å². The molecule has 0 aromatic carbocycles. The molecule has 0 amide bonds. The Morgan fingerprint density at radius 2 is 2.38 bits per heavy atom. The van der Waals surface area contributed by atoms with E-state index >= 15 is 0 Å². The predicted octanol–water partition coefficient (Wildman–Crippen LogP) is 1.95. The van der Waals surface area contributed by atoms with Gasteiger partial charge in [-0.3, -0.25) is 4.79 Å². The molecule has 0 unspecified atom stereocenters. The second-order valence-corrected chi connectivity index (χ2v) is 4.37. The van der Waals surface area contributed by atoms with Gasteiger partial charge in [0.25, 0.3) is 5.56 Å². The maximum absolute atomic E-state index is 11.4. The van der Waals surface area contributed by atoms with Crippen LogP contribution in [0.1, 0.15) is 11.3 Å². The predicted molar refractivity (Wildman–Crippen MR) is 63.6 cm³/mol. The van der Waals surface area contributed by atoms with Crippen LogP contribution < -0.4 is 5.56 Å². The number of aromatic amines is 1. The van der Waals surface area contributed by atoms with Crippen molar-refractivity contribution in [1.29, 1.82) is 0 Å². The Bertz CT molecular complexity index is 545. The number of aromatic nitrogens is 2. The van der Waals surface area contributed by atoms with Gasteiger partial charge in [-0.2, -0.15) is 0 Å². The van der Waals surface area contributed by atoms with Gasteiger partial charge in [0.1, 0.15) is 0 Å². The third-order valence-electron chi connectivity index (χ3n) is 2.16. The minimum atomic E-state index is -0.148. The van der Waals surface area contributed by atoms with Crippen LogP contribution >= 0.6 is 11.3 Å². The monoisotopic (exact) mass is 236 g/mol. The molecule has 0 spiro atoms. The molecule has 16 heavy (non-hydrogen) atoms. The van der Waals surface area contributed by atoms with Crippen LogP contribution in [0.3, 0.4) is 0 Å². The van der Waals surface area contributed by atoms with Crippen molar-refractivity contribution in [2.45, 2.75) is 13.5 Å². The van der Waals surface area contributed by atoms with Gasteiger partial charge in [-0.05, 0) is 23.9 Å². The van der Waals surface area contributed by atoms with Gasteiger partial charge >= 0.3 is 0 Å². The lowest BCUT2D eigenvalue weighted by Gasteiger charge is -2.02. The van der Waals surface area contributed by atoms with Crippen molar-refractivity contribution in [2.75, 3.05) is 7.11 Å². The van der Waals surface area contributed by atoms with E-state index in [1.165, 1.54) is 6.07 Å². The van der Waals surface area contributed by atoms with Crippen LogP contribution in [-0.2, 0) is 11.3 Å². The largest absolute Gasteiger partial charge is 0.378 e. The highest BCUT2D eigenvalue weighted by Gasteiger charge is 2.07. The summed E-state index contributed by atoms with van der Waals surface area (Å²) in [4.78, 5) is 19.5. The van der Waals surface area contributed by atoms with Crippen LogP contribution in [0, 0.1) is 6.92 Å². The van der Waals surface area contributed by atoms with Gasteiger partial charge in [0, 0.05) is 13.2 Å². The molecule has 0 radical (unpaired) electrons. The zero-order valence-corrected chi connectivity index (χ0v) is 9.93. The van der Waals surface area contributed by atoms with Crippen LogP contribution in [0.2, 0.25) is 0 Å². The Morgan fingerprint density at radius 1 is 1.56 bits per heavy atom. The number of nitrogens with zero attached hydrogens (tertiary/aromatic N) is 1. The molecule has 1 N–H and O–H groups in total. The highest BCUT2D eigenvalue weighted by atomic mass is 32.1. The molecule has 5 heteroatoms. The summed E-state index contributed by atoms with van der Waals surface area (Å²) >= 11 is 1.56. The molecule has 2 heterocycles. The molecule has 0 aliphatic rings. The molecule has 0 fully saturated rings. The van der Waals surface area contributed by atoms with Gasteiger partial charge < -0.3 is 9.72 Å². The first kappa shape index (κ1) is 11.0. The summed E-state index contributed by atoms with van der Waals surface area (Å²) < 4.78 is 4.97. The van der Waals surface area contributed by atoms with Crippen molar-refractivity contribution >= 4 is 11.3 Å². The molecule has 0 saturated carbocycles. The Morgan fingerprint density at radius 3 is 3.00 bits per heavy atom. The van der Waals surface area contributed by atoms with Crippen molar-refractivity contribution < 1.29 is 4.74 Å². The quantitative estimate of drug-likeness (QED) is 0.886. The van der Waals surface area contributed by atoms with Crippen molar-refractivity contribution in [1.82, 2.24) is 9.97 Å². The van der Waals surface area contributed by atoms with Crippen molar-refractivity contribution in [3.8, 4) is 10.7 Å². The van der Waals surface area contributed by atoms with Gasteiger partial charge in [-0.25, -0.2) is 4.98 Å². The second kappa shape index (κ2) is 4.59. The summed E-state index contributed by atoms with van der Waals surface area (Å²) in [5.74, 6) is 0.618. The molecule has 84 valence electrons. The average molecular weight is 236 g/mol. The number of aryl methyl sites for hydroxylation is 1. The van der Waals surface area contributed by atoms with E-state index in [1.54, 1.807) is 18.4 Å². The standard InChI is InChI=1S/C11H12N2O2S/c1-7-3-4-16-10(7)11-12-8(6-15-2)5-9(14)13-11/h3-5H,6H2,1-2H3,(H,12,13,14). The number of ether oxygens (including phenoxy) is 1. The number of rotatable bonds is 3. The molecule has 4 nitrogen and oxygen atoms in total. The number of hydrogen-bond acceptors (Lipinski definition) is 4. The summed E-state index contributed by atoms with van der Waals surface area (Å²) in [7, 11) is 1.58. The first-order chi connectivity index (χ1) is 7.70. The maximum Gasteiger partial charge on any atom is 0.251 e. The van der Waals surface area contributed by atoms with E-state index in [2.05, 4.69) is 9.97 Å². The summed E-state index contributed by atoms with van der Waals surface area (Å²) in [6, 6.07) is 3.46. The summed E-state index contributed by atoms with van der Waals surface area (Å²) in [6.45, 7) is 2.34. The summed E-state index contributed by atoms with van der Waals surface area (Å²) in [5.41, 5.74) is 1.61. The highest BCUT2D eigenvalue weighted by Crippen LogP contribution is 2.25. The fraction of sp³-hybridized carbons (Fsp3) is 0.273. The topological polar surface area (TPSA) is 55.0 Å². The fourth-order valence-electron chi connectivity index (χ4n) is 1.45. The molecule has 2 rings (SSSR count). The first-order valence-electron chi connectivity index (χ1n) is 4.84. The van der Waals surface area contributed by atoms with Crippen molar-refractivity contribution in [3.63, 3.8) is 0 Å². The van der Waals surface area contributed by atoms with E-state index in [9.17, 15) is 4.79 Å². The molecular weight excluding hydrogens is 224 g/mol. The van der Waals surface area contributed by atoms with Crippen LogP contribution in [-0.4, -0.2) is 17.1 Å². The third-order valence-corrected chi connectivity index (χ3v) is 3.19. The van der Waals surface area contributed by atoms with E-state index in [4.69, 9.17) is 4.74 Å². The van der Waals surface area contributed by atoms with Gasteiger partial charge in [-0.15, -0.1) is 11.3 Å². The Hall–Kier alpha value is -1.46. The smallest absolute Gasteiger partial charge is 0.251 e. The SMILES string of the molecule is COCc1cc(=O)[nH]c(-c2sccc2C)n1. The van der Waals surface area contributed by atoms with E-state index in [0.29, 0.717) is 18.1 Å². The average Bonchev–Trinajstić information content (AvgIpc) is 2.64. The molecule has 2 aromatic rings. The number of H-pyrrole nitrogens is 1. The number of methoxy groups -OCH3 is 1. The molecule has 0 aliphatic carbocycles. The lowest BCUT2D eigenvalue weighted by atomic mass is 10.3. The van der Waals surface area contributed by atoms with Crippen molar-refractivity contribution in [3.05, 3.63) is 39.1 Å². The minimum Gasteiger partial charge on any atom is -0.378 e. The van der Waals surface area contributed by atoms with Gasteiger partial charge in [0.2, 0.25) is 0 Å². The molecule has 2 aromatic heterocycles. The Kier molecular flexibility index (Phi) is 3.17. The lowest BCUT2D eigenvalue weighted by molar-refractivity contribution is 0.181. The maximum atomic E-state index is 11.4. The van der Waals surface area contributed by atoms with E-state index < -0.39 is 0 Å². The van der Waals surface area contributed by atoms with Gasteiger partial charge in [-0.1, -0.05) is 0 Å². The molecule has 0 bridgehead atoms. The summed E-state index contributed by atoms with van der Waals surface area (Å²) in [5, 5.41) is 1.98. The van der Waals surface area contributed by atoms with E-state index in [-0.39, 0.29) is 5.56 Å². The summed E-state index contributed by atoms with van der Waals surface area (Å²) in [6.07, 6.45) is 0. The fourth-order valence-corrected chi connectivity index (χ4v) is 2.32. The van der Waals surface area contributed by atoms with Crippen LogP contribution in [0.5, 0.6) is 0 Å². The Labute approximate surface area is 96.9 Å². The number of thiophene rings is 1. The molecule has 0 saturated heterocycles. The minimum absolute atomic E-state index is 0.148. The zero-order chi connectivity index (χ0) is 11.5. The zero-order valence-electron chi connectivity index (χ0n) is 9.11. The number of hydrogen-bond donors (Lipinski definition) is 1. The normalized spacial score (nSPS) is 10.6. The van der Waals surface area contributed by atoms with E-state index in [0.717, 1.165) is 10.4 Å².